The molecule has 12 heteroatoms. The molecule has 0 spiro atoms. The fourth-order valence-corrected chi connectivity index (χ4v) is 15.7. The maximum absolute atomic E-state index is 14.9. The molecule has 6 aliphatic rings. The van der Waals surface area contributed by atoms with E-state index in [0.717, 1.165) is 127 Å². The van der Waals surface area contributed by atoms with Gasteiger partial charge in [0.2, 0.25) is 0 Å². The zero-order valence-electron chi connectivity index (χ0n) is 59.4. The van der Waals surface area contributed by atoms with E-state index in [1.54, 1.807) is 19.2 Å². The monoisotopic (exact) mass is 1290 g/mol. The van der Waals surface area contributed by atoms with Crippen LogP contribution in [0, 0.1) is 27.6 Å². The quantitative estimate of drug-likeness (QED) is 0.0276. The summed E-state index contributed by atoms with van der Waals surface area (Å²) in [6, 6.07) is 10.9. The standard InChI is InChI=1S/C82H114O12/c1-12-14-16-17-18-19-20-21-22-23-24-25-28-31-35-39-71(87)94-64-44-42-58(46-66(64)90-11)74-77-61(85)50-81(7,8)54-69(77)92-70-55-82(9,51-62(86)78(70)74)47-56(37-33-15-13-2)38-34-30-27-26-29-32-36-40-72(88)93-63-43-41-57(45-65(63)89-10)73-75-59(83)48-79(3,4)52-67(75)91-68-53-80(5,6)49-60(84)76(68)73/h18-19,21-22,41-46,56,73-74H,12-17,20,23-40,47-55H2,1-11H3. The van der Waals surface area contributed by atoms with Gasteiger partial charge in [0, 0.05) is 98.3 Å². The van der Waals surface area contributed by atoms with E-state index in [1.165, 1.54) is 39.2 Å². The first-order valence-corrected chi connectivity index (χ1v) is 36.4. The smallest absolute Gasteiger partial charge is 0.311 e. The Morgan fingerprint density at radius 3 is 1.23 bits per heavy atom. The molecule has 2 aliphatic heterocycles. The Morgan fingerprint density at radius 1 is 0.447 bits per heavy atom. The highest BCUT2D eigenvalue weighted by Gasteiger charge is 2.51. The second-order valence-electron chi connectivity index (χ2n) is 31.2. The number of benzene rings is 2. The van der Waals surface area contributed by atoms with E-state index >= 15 is 0 Å². The lowest BCUT2D eigenvalue weighted by Crippen LogP contribution is -2.39. The van der Waals surface area contributed by atoms with Crippen LogP contribution in [0.5, 0.6) is 23.0 Å². The van der Waals surface area contributed by atoms with Crippen LogP contribution in [0.1, 0.15) is 304 Å². The molecule has 514 valence electrons. The third kappa shape index (κ3) is 20.1. The van der Waals surface area contributed by atoms with Crippen LogP contribution in [-0.2, 0) is 38.2 Å². The van der Waals surface area contributed by atoms with Crippen LogP contribution in [0.3, 0.4) is 0 Å². The maximum Gasteiger partial charge on any atom is 0.311 e. The fraction of sp³-hybridized carbons (Fsp3) is 0.634. The number of hydrogen-bond acceptors (Lipinski definition) is 12. The van der Waals surface area contributed by atoms with Crippen molar-refractivity contribution in [2.45, 2.75) is 292 Å². The molecule has 0 amide bonds. The van der Waals surface area contributed by atoms with Gasteiger partial charge in [-0.1, -0.05) is 201 Å². The van der Waals surface area contributed by atoms with Crippen LogP contribution in [0.4, 0.5) is 0 Å². The van der Waals surface area contributed by atoms with E-state index in [1.807, 2.05) is 24.3 Å². The van der Waals surface area contributed by atoms with Crippen molar-refractivity contribution in [3.8, 4) is 23.0 Å². The van der Waals surface area contributed by atoms with Crippen molar-refractivity contribution in [3.63, 3.8) is 0 Å². The summed E-state index contributed by atoms with van der Waals surface area (Å²) in [6.07, 6.45) is 39.5. The van der Waals surface area contributed by atoms with Gasteiger partial charge in [0.25, 0.3) is 0 Å². The summed E-state index contributed by atoms with van der Waals surface area (Å²) in [5.41, 5.74) is 2.63. The minimum absolute atomic E-state index is 0.000987. The van der Waals surface area contributed by atoms with Crippen LogP contribution in [0.2, 0.25) is 0 Å². The first-order valence-electron chi connectivity index (χ1n) is 36.4. The van der Waals surface area contributed by atoms with Crippen molar-refractivity contribution in [1.82, 2.24) is 0 Å². The molecule has 2 aromatic rings. The Kier molecular flexibility index (Phi) is 26.6. The van der Waals surface area contributed by atoms with Gasteiger partial charge in [-0.05, 0) is 114 Å². The van der Waals surface area contributed by atoms with Gasteiger partial charge in [-0.25, -0.2) is 0 Å². The molecule has 0 N–H and O–H groups in total. The summed E-state index contributed by atoms with van der Waals surface area (Å²) in [6.45, 7) is 19.2. The Labute approximate surface area is 564 Å². The van der Waals surface area contributed by atoms with Gasteiger partial charge in [-0.2, -0.15) is 0 Å². The number of allylic oxidation sites excluding steroid dienone is 12. The van der Waals surface area contributed by atoms with Crippen LogP contribution in [0.15, 0.2) is 106 Å². The van der Waals surface area contributed by atoms with Crippen molar-refractivity contribution in [3.05, 3.63) is 117 Å². The SMILES string of the molecule is CCCCCC=CCC=CCCCCCCCC(=O)Oc1ccc(C2C3=C(CC(C)(C)CC3=O)OC3=C2C(=O)CC(C)(CC(CCCCC)CCCCCCCCCC(=O)Oc2ccc(C4C5=C(CC(C)(C)CC5=O)OC5=C4C(=O)CC(C)(C)C5)cc2OC)C3)cc1OC. The molecule has 94 heavy (non-hydrogen) atoms. The zero-order valence-corrected chi connectivity index (χ0v) is 59.4. The number of unbranched alkanes of at least 4 members (excludes halogenated alkanes) is 16. The van der Waals surface area contributed by atoms with Crippen molar-refractivity contribution < 1.29 is 57.2 Å². The van der Waals surface area contributed by atoms with Crippen LogP contribution in [-0.4, -0.2) is 49.3 Å². The highest BCUT2D eigenvalue weighted by molar-refractivity contribution is 6.07. The molecule has 12 nitrogen and oxygen atoms in total. The second-order valence-corrected chi connectivity index (χ2v) is 31.2. The third-order valence-electron chi connectivity index (χ3n) is 20.4. The Bertz CT molecular complexity index is 3170. The van der Waals surface area contributed by atoms with E-state index in [2.05, 4.69) is 86.6 Å². The minimum Gasteiger partial charge on any atom is -0.493 e. The lowest BCUT2D eigenvalue weighted by atomic mass is 9.63. The number of Topliss-reactive ketones (excluding diaryl/α,β-unsaturated/α-hetero) is 4. The number of carbonyl (C=O) groups excluding carboxylic acids is 6. The number of ketones is 4. The summed E-state index contributed by atoms with van der Waals surface area (Å²) in [5.74, 6) is 2.75. The first kappa shape index (κ1) is 73.5. The van der Waals surface area contributed by atoms with Gasteiger partial charge in [0.1, 0.15) is 23.0 Å². The molecule has 2 heterocycles. The summed E-state index contributed by atoms with van der Waals surface area (Å²) in [4.78, 5) is 83.4. The molecule has 0 saturated carbocycles. The minimum atomic E-state index is -0.602. The number of hydrogen-bond donors (Lipinski definition) is 0. The van der Waals surface area contributed by atoms with E-state index < -0.39 is 11.8 Å². The molecule has 0 radical (unpaired) electrons. The van der Waals surface area contributed by atoms with Gasteiger partial charge in [0.15, 0.2) is 46.1 Å². The number of carbonyl (C=O) groups is 6. The summed E-state index contributed by atoms with van der Waals surface area (Å²) < 4.78 is 36.8. The third-order valence-corrected chi connectivity index (χ3v) is 20.4. The molecule has 0 aromatic heterocycles. The lowest BCUT2D eigenvalue weighted by Gasteiger charge is -2.44. The molecular formula is C82H114O12. The van der Waals surface area contributed by atoms with Gasteiger partial charge >= 0.3 is 11.9 Å². The molecule has 4 aliphatic carbocycles. The van der Waals surface area contributed by atoms with Gasteiger partial charge < -0.3 is 28.4 Å². The average Bonchev–Trinajstić information content (AvgIpc) is 0.737. The second kappa shape index (κ2) is 34.1. The predicted octanol–water partition coefficient (Wildman–Crippen LogP) is 20.9. The van der Waals surface area contributed by atoms with Crippen LogP contribution >= 0.6 is 0 Å². The Morgan fingerprint density at radius 2 is 0.809 bits per heavy atom. The number of ether oxygens (including phenoxy) is 6. The molecule has 8 rings (SSSR count). The largest absolute Gasteiger partial charge is 0.493 e. The Hall–Kier alpha value is -6.30. The van der Waals surface area contributed by atoms with Crippen molar-refractivity contribution in [1.29, 1.82) is 0 Å². The maximum atomic E-state index is 14.9. The average molecular weight is 1290 g/mol. The number of rotatable bonds is 36. The summed E-state index contributed by atoms with van der Waals surface area (Å²) in [5, 5.41) is 0. The summed E-state index contributed by atoms with van der Waals surface area (Å²) in [7, 11) is 3.09. The van der Waals surface area contributed by atoms with Crippen molar-refractivity contribution in [2.75, 3.05) is 14.2 Å². The number of esters is 2. The van der Waals surface area contributed by atoms with Crippen LogP contribution in [0.25, 0.3) is 0 Å². The molecule has 0 bridgehead atoms. The first-order chi connectivity index (χ1) is 45.0. The molecule has 3 unspecified atom stereocenters. The molecule has 3 atom stereocenters. The van der Waals surface area contributed by atoms with E-state index in [-0.39, 0.29) is 63.2 Å². The molecule has 2 aromatic carbocycles. The van der Waals surface area contributed by atoms with Gasteiger partial charge in [-0.3, -0.25) is 28.8 Å². The lowest BCUT2D eigenvalue weighted by molar-refractivity contribution is -0.135. The van der Waals surface area contributed by atoms with Gasteiger partial charge in [-0.15, -0.1) is 0 Å². The normalized spacial score (nSPS) is 21.2. The van der Waals surface area contributed by atoms with Gasteiger partial charge in [0.05, 0.1) is 14.2 Å². The molecular weight excluding hydrogens is 1180 g/mol. The topological polar surface area (TPSA) is 158 Å². The van der Waals surface area contributed by atoms with E-state index in [0.29, 0.717) is 138 Å². The predicted molar refractivity (Wildman–Crippen MR) is 373 cm³/mol. The fourth-order valence-electron chi connectivity index (χ4n) is 15.7. The van der Waals surface area contributed by atoms with Crippen LogP contribution < -0.4 is 18.9 Å². The summed E-state index contributed by atoms with van der Waals surface area (Å²) >= 11 is 0. The van der Waals surface area contributed by atoms with E-state index in [9.17, 15) is 28.8 Å². The zero-order chi connectivity index (χ0) is 67.6. The molecule has 0 saturated heterocycles. The highest BCUT2D eigenvalue weighted by Crippen LogP contribution is 2.57. The number of methoxy groups -OCH3 is 2. The van der Waals surface area contributed by atoms with Crippen molar-refractivity contribution in [2.24, 2.45) is 27.6 Å². The highest BCUT2D eigenvalue weighted by atomic mass is 16.6. The molecule has 0 fully saturated rings. The van der Waals surface area contributed by atoms with E-state index in [4.69, 9.17) is 28.4 Å². The Balaban J connectivity index is 0.808. The van der Waals surface area contributed by atoms with Crippen molar-refractivity contribution >= 4 is 35.1 Å².